The van der Waals surface area contributed by atoms with Crippen LogP contribution in [0.2, 0.25) is 0 Å². The number of hydrogen-bond acceptors (Lipinski definition) is 5. The van der Waals surface area contributed by atoms with E-state index in [2.05, 4.69) is 16.0 Å². The Balaban J connectivity index is 1.25. The fourth-order valence-corrected chi connectivity index (χ4v) is 4.65. The number of carbonyl (C=O) groups excluding carboxylic acids is 2. The maximum Gasteiger partial charge on any atom is 0.323 e. The molecule has 1 saturated carbocycles. The average Bonchev–Trinajstić information content (AvgIpc) is 3.59. The number of ether oxygens (including phenoxy) is 2. The van der Waals surface area contributed by atoms with Crippen molar-refractivity contribution in [3.05, 3.63) is 53.8 Å². The lowest BCUT2D eigenvalue weighted by atomic mass is 9.84. The molecule has 5 rings (SSSR count). The Labute approximate surface area is 196 Å². The number of fused-ring (bicyclic) bond motifs is 3. The Kier molecular flexibility index (Phi) is 6.38. The maximum atomic E-state index is 13.1. The van der Waals surface area contributed by atoms with Gasteiger partial charge in [-0.15, -0.1) is 0 Å². The molecule has 2 aliphatic heterocycles. The van der Waals surface area contributed by atoms with Crippen LogP contribution in [0.5, 0.6) is 5.75 Å². The lowest BCUT2D eigenvalue weighted by molar-refractivity contribution is -0.142. The van der Waals surface area contributed by atoms with Crippen LogP contribution < -0.4 is 20.7 Å². The molecule has 1 saturated heterocycles. The molecule has 1 aliphatic carbocycles. The van der Waals surface area contributed by atoms with Crippen LogP contribution in [0.1, 0.15) is 37.2 Å². The van der Waals surface area contributed by atoms with Gasteiger partial charge in [0.05, 0.1) is 19.1 Å². The third-order valence-electron chi connectivity index (χ3n) is 6.56. The summed E-state index contributed by atoms with van der Waals surface area (Å²) in [5.41, 5.74) is 1.96. The first-order chi connectivity index (χ1) is 16.5. The molecule has 0 aromatic heterocycles. The lowest BCUT2D eigenvalue weighted by Crippen LogP contribution is -2.47. The molecule has 34 heavy (non-hydrogen) atoms. The summed E-state index contributed by atoms with van der Waals surface area (Å²) < 4.78 is 25.1. The largest absolute Gasteiger partial charge is 0.487 e. The van der Waals surface area contributed by atoms with Gasteiger partial charge in [0.15, 0.2) is 0 Å². The summed E-state index contributed by atoms with van der Waals surface area (Å²) in [4.78, 5) is 24.8. The van der Waals surface area contributed by atoms with E-state index in [1.165, 1.54) is 37.1 Å². The number of anilines is 2. The molecular formula is C25H28FN3O5. The maximum absolute atomic E-state index is 13.1. The summed E-state index contributed by atoms with van der Waals surface area (Å²) in [6.07, 6.45) is 1.94. The van der Waals surface area contributed by atoms with Gasteiger partial charge >= 0.3 is 6.03 Å². The average molecular weight is 470 g/mol. The predicted molar refractivity (Wildman–Crippen MR) is 123 cm³/mol. The Morgan fingerprint density at radius 3 is 2.53 bits per heavy atom. The fraction of sp³-hybridized carbons (Fsp3) is 0.440. The van der Waals surface area contributed by atoms with E-state index < -0.39 is 12.1 Å². The first-order valence-corrected chi connectivity index (χ1v) is 11.7. The number of rotatable bonds is 7. The van der Waals surface area contributed by atoms with Crippen LogP contribution in [-0.4, -0.2) is 48.5 Å². The molecule has 3 aliphatic rings. The third kappa shape index (κ3) is 5.15. The number of hydrogen-bond donors (Lipinski definition) is 4. The van der Waals surface area contributed by atoms with Crippen LogP contribution in [0, 0.1) is 11.7 Å². The first kappa shape index (κ1) is 22.6. The second-order valence-electron chi connectivity index (χ2n) is 9.19. The third-order valence-corrected chi connectivity index (χ3v) is 6.56. The zero-order valence-electron chi connectivity index (χ0n) is 18.6. The minimum atomic E-state index is -0.537. The summed E-state index contributed by atoms with van der Waals surface area (Å²) >= 11 is 0. The minimum absolute atomic E-state index is 0.0425. The molecule has 0 bridgehead atoms. The molecular weight excluding hydrogens is 441 g/mol. The summed E-state index contributed by atoms with van der Waals surface area (Å²) in [6, 6.07) is 10.4. The number of halogens is 1. The van der Waals surface area contributed by atoms with Crippen LogP contribution in [-0.2, 0) is 9.53 Å². The van der Waals surface area contributed by atoms with Crippen molar-refractivity contribution < 1.29 is 28.6 Å². The van der Waals surface area contributed by atoms with Gasteiger partial charge in [0.25, 0.3) is 0 Å². The Morgan fingerprint density at radius 1 is 1.06 bits per heavy atom. The SMILES string of the molecule is O=C(C[C@H]1C[C@H]2c3cc(NC(=O)Nc4ccc(F)cc4)ccc3O[C@H]2[C@H](CO)O1)NCC1CC1. The number of aliphatic hydroxyl groups is 1. The second kappa shape index (κ2) is 9.60. The van der Waals surface area contributed by atoms with Gasteiger partial charge in [0.1, 0.15) is 23.8 Å². The highest BCUT2D eigenvalue weighted by atomic mass is 19.1. The first-order valence-electron chi connectivity index (χ1n) is 11.7. The predicted octanol–water partition coefficient (Wildman–Crippen LogP) is 3.38. The molecule has 8 nitrogen and oxygen atoms in total. The number of benzene rings is 2. The molecule has 2 aromatic rings. The van der Waals surface area contributed by atoms with E-state index in [0.717, 1.165) is 5.56 Å². The van der Waals surface area contributed by atoms with Crippen LogP contribution in [0.4, 0.5) is 20.6 Å². The van der Waals surface area contributed by atoms with Crippen molar-refractivity contribution >= 4 is 23.3 Å². The van der Waals surface area contributed by atoms with Crippen LogP contribution in [0.3, 0.4) is 0 Å². The zero-order chi connectivity index (χ0) is 23.7. The topological polar surface area (TPSA) is 109 Å². The molecule has 0 unspecified atom stereocenters. The van der Waals surface area contributed by atoms with Gasteiger partial charge in [-0.3, -0.25) is 4.79 Å². The van der Waals surface area contributed by atoms with Crippen molar-refractivity contribution in [1.82, 2.24) is 5.32 Å². The molecule has 2 aromatic carbocycles. The molecule has 3 amide bonds. The summed E-state index contributed by atoms with van der Waals surface area (Å²) in [7, 11) is 0. The minimum Gasteiger partial charge on any atom is -0.487 e. The van der Waals surface area contributed by atoms with E-state index in [0.29, 0.717) is 36.0 Å². The van der Waals surface area contributed by atoms with E-state index in [1.54, 1.807) is 12.1 Å². The fourth-order valence-electron chi connectivity index (χ4n) is 4.65. The highest BCUT2D eigenvalue weighted by Gasteiger charge is 2.46. The molecule has 9 heteroatoms. The smallest absolute Gasteiger partial charge is 0.323 e. The summed E-state index contributed by atoms with van der Waals surface area (Å²) in [5, 5.41) is 18.3. The molecule has 2 fully saturated rings. The summed E-state index contributed by atoms with van der Waals surface area (Å²) in [5.74, 6) is 0.797. The number of amides is 3. The molecule has 4 atom stereocenters. The molecule has 0 radical (unpaired) electrons. The highest BCUT2D eigenvalue weighted by Crippen LogP contribution is 2.47. The van der Waals surface area contributed by atoms with Crippen LogP contribution >= 0.6 is 0 Å². The van der Waals surface area contributed by atoms with Crippen LogP contribution in [0.25, 0.3) is 0 Å². The lowest BCUT2D eigenvalue weighted by Gasteiger charge is -2.37. The summed E-state index contributed by atoms with van der Waals surface area (Å²) in [6.45, 7) is 0.503. The number of aliphatic hydroxyl groups excluding tert-OH is 1. The van der Waals surface area contributed by atoms with Crippen molar-refractivity contribution in [3.63, 3.8) is 0 Å². The van der Waals surface area contributed by atoms with Gasteiger partial charge in [-0.2, -0.15) is 0 Å². The van der Waals surface area contributed by atoms with Crippen molar-refractivity contribution in [2.75, 3.05) is 23.8 Å². The molecule has 180 valence electrons. The van der Waals surface area contributed by atoms with E-state index >= 15 is 0 Å². The Bertz CT molecular complexity index is 1060. The van der Waals surface area contributed by atoms with E-state index in [1.807, 2.05) is 6.07 Å². The van der Waals surface area contributed by atoms with Crippen LogP contribution in [0.15, 0.2) is 42.5 Å². The van der Waals surface area contributed by atoms with Crippen molar-refractivity contribution in [1.29, 1.82) is 0 Å². The van der Waals surface area contributed by atoms with Gasteiger partial charge in [-0.05, 0) is 67.6 Å². The van der Waals surface area contributed by atoms with Crippen molar-refractivity contribution in [2.24, 2.45) is 5.92 Å². The zero-order valence-corrected chi connectivity index (χ0v) is 18.6. The van der Waals surface area contributed by atoms with Gasteiger partial charge < -0.3 is 30.5 Å². The molecule has 0 spiro atoms. The Morgan fingerprint density at radius 2 is 1.79 bits per heavy atom. The van der Waals surface area contributed by atoms with Gasteiger partial charge in [0, 0.05) is 29.4 Å². The monoisotopic (exact) mass is 469 g/mol. The second-order valence-corrected chi connectivity index (χ2v) is 9.19. The van der Waals surface area contributed by atoms with E-state index in [-0.39, 0.29) is 42.9 Å². The van der Waals surface area contributed by atoms with Gasteiger partial charge in [-0.25, -0.2) is 9.18 Å². The Hall–Kier alpha value is -3.17. The number of nitrogens with one attached hydrogen (secondary N) is 3. The standard InChI is InChI=1S/C25H28FN3O5/c26-15-3-5-16(6-4-15)28-25(32)29-17-7-8-21-19(9-17)20-10-18(33-22(13-30)24(20)34-21)11-23(31)27-12-14-1-2-14/h3-9,14,18,20,22,24,30H,1-2,10-13H2,(H,27,31)(H2,28,29,32)/t18-,20+,22+,24-/m1/s1. The van der Waals surface area contributed by atoms with Crippen molar-refractivity contribution in [2.45, 2.75) is 49.9 Å². The van der Waals surface area contributed by atoms with Gasteiger partial charge in [-0.1, -0.05) is 0 Å². The number of carbonyl (C=O) groups is 2. The molecule has 2 heterocycles. The quantitative estimate of drug-likeness (QED) is 0.497. The number of urea groups is 1. The van der Waals surface area contributed by atoms with Crippen molar-refractivity contribution in [3.8, 4) is 5.75 Å². The van der Waals surface area contributed by atoms with Gasteiger partial charge in [0.2, 0.25) is 5.91 Å². The normalized spacial score (nSPS) is 25.0. The van der Waals surface area contributed by atoms with E-state index in [4.69, 9.17) is 9.47 Å². The molecule has 4 N–H and O–H groups in total. The highest BCUT2D eigenvalue weighted by molar-refractivity contribution is 5.99. The van der Waals surface area contributed by atoms with E-state index in [9.17, 15) is 19.1 Å².